The lowest BCUT2D eigenvalue weighted by Gasteiger charge is -2.15. The van der Waals surface area contributed by atoms with Crippen molar-refractivity contribution in [3.05, 3.63) is 54.1 Å². The third kappa shape index (κ3) is 3.61. The lowest BCUT2D eigenvalue weighted by Crippen LogP contribution is -2.33. The molecule has 0 unspecified atom stereocenters. The highest BCUT2D eigenvalue weighted by molar-refractivity contribution is 6.05. The number of aryl methyl sites for hydroxylation is 1. The van der Waals surface area contributed by atoms with Gasteiger partial charge in [-0.05, 0) is 36.2 Å². The van der Waals surface area contributed by atoms with Crippen LogP contribution in [-0.4, -0.2) is 41.6 Å². The van der Waals surface area contributed by atoms with Crippen LogP contribution in [0.2, 0.25) is 0 Å². The highest BCUT2D eigenvalue weighted by atomic mass is 16.5. The van der Waals surface area contributed by atoms with Gasteiger partial charge in [0.05, 0.1) is 30.6 Å². The Morgan fingerprint density at radius 1 is 1.17 bits per heavy atom. The van der Waals surface area contributed by atoms with Crippen molar-refractivity contribution in [2.24, 2.45) is 0 Å². The predicted molar refractivity (Wildman–Crippen MR) is 112 cm³/mol. The summed E-state index contributed by atoms with van der Waals surface area (Å²) in [5.41, 5.74) is 3.58. The minimum atomic E-state index is -0.621. The number of para-hydroxylation sites is 2. The summed E-state index contributed by atoms with van der Waals surface area (Å²) in [5, 5.41) is 2.90. The van der Waals surface area contributed by atoms with Crippen LogP contribution in [0.5, 0.6) is 0 Å². The number of amides is 2. The first kappa shape index (κ1) is 19.1. The Morgan fingerprint density at radius 3 is 2.66 bits per heavy atom. The number of carbonyl (C=O) groups excluding carboxylic acids is 2. The fraction of sp³-hybridized carbons (Fsp3) is 0.318. The van der Waals surface area contributed by atoms with E-state index in [0.29, 0.717) is 19.1 Å². The molecule has 2 heterocycles. The number of nitrogens with zero attached hydrogens (tertiary/aromatic N) is 3. The molecule has 0 radical (unpaired) electrons. The number of fused-ring (bicyclic) bond motifs is 3. The largest absolute Gasteiger partial charge is 0.383 e. The molecule has 1 aromatic heterocycles. The topological polar surface area (TPSA) is 76.5 Å². The van der Waals surface area contributed by atoms with Gasteiger partial charge in [0.2, 0.25) is 11.9 Å². The normalized spacial score (nSPS) is 15.7. The lowest BCUT2D eigenvalue weighted by molar-refractivity contribution is -0.124. The fourth-order valence-electron chi connectivity index (χ4n) is 3.70. The van der Waals surface area contributed by atoms with Gasteiger partial charge in [-0.25, -0.2) is 4.98 Å². The number of hydrogen-bond acceptors (Lipinski definition) is 4. The number of nitrogens with one attached hydrogen (secondary N) is 1. The van der Waals surface area contributed by atoms with Crippen molar-refractivity contribution in [1.29, 1.82) is 0 Å². The van der Waals surface area contributed by atoms with Gasteiger partial charge in [-0.1, -0.05) is 31.2 Å². The number of benzene rings is 2. The monoisotopic (exact) mass is 392 g/mol. The quantitative estimate of drug-likeness (QED) is 0.670. The summed E-state index contributed by atoms with van der Waals surface area (Å²) >= 11 is 0. The van der Waals surface area contributed by atoms with E-state index >= 15 is 0 Å². The standard InChI is InChI=1S/C22H24N4O3/c1-3-15-8-10-16(11-9-15)23-20(27)14-19-21(28)25(12-13-29-2)22-24-17-6-4-5-7-18(17)26(19)22/h4-11,19H,3,12-14H2,1-2H3,(H,23,27)/t19-/m0/s1. The van der Waals surface area contributed by atoms with Crippen molar-refractivity contribution >= 4 is 34.5 Å². The van der Waals surface area contributed by atoms with Gasteiger partial charge < -0.3 is 10.1 Å². The van der Waals surface area contributed by atoms with Crippen LogP contribution in [0.1, 0.15) is 24.9 Å². The van der Waals surface area contributed by atoms with Crippen LogP contribution in [0.15, 0.2) is 48.5 Å². The van der Waals surface area contributed by atoms with Gasteiger partial charge in [-0.2, -0.15) is 0 Å². The Morgan fingerprint density at radius 2 is 1.93 bits per heavy atom. The molecule has 4 rings (SSSR count). The van der Waals surface area contributed by atoms with Gasteiger partial charge in [-0.15, -0.1) is 0 Å². The van der Waals surface area contributed by atoms with Crippen LogP contribution in [-0.2, 0) is 20.7 Å². The molecule has 7 heteroatoms. The smallest absolute Gasteiger partial charge is 0.253 e. The molecule has 150 valence electrons. The van der Waals surface area contributed by atoms with Gasteiger partial charge >= 0.3 is 0 Å². The zero-order chi connectivity index (χ0) is 20.4. The third-order valence-corrected chi connectivity index (χ3v) is 5.23. The number of rotatable bonds is 7. The number of ether oxygens (including phenoxy) is 1. The van der Waals surface area contributed by atoms with Crippen molar-refractivity contribution in [2.45, 2.75) is 25.8 Å². The number of imidazole rings is 1. The van der Waals surface area contributed by atoms with E-state index in [-0.39, 0.29) is 18.2 Å². The Kier molecular flexibility index (Phi) is 5.31. The molecule has 1 N–H and O–H groups in total. The van der Waals surface area contributed by atoms with Crippen LogP contribution < -0.4 is 10.2 Å². The van der Waals surface area contributed by atoms with E-state index in [1.54, 1.807) is 12.0 Å². The Balaban J connectivity index is 1.59. The minimum Gasteiger partial charge on any atom is -0.383 e. The van der Waals surface area contributed by atoms with E-state index in [9.17, 15) is 9.59 Å². The highest BCUT2D eigenvalue weighted by Gasteiger charge is 2.40. The Hall–Kier alpha value is -3.19. The summed E-state index contributed by atoms with van der Waals surface area (Å²) in [7, 11) is 1.60. The van der Waals surface area contributed by atoms with Crippen molar-refractivity contribution in [3.8, 4) is 0 Å². The van der Waals surface area contributed by atoms with Gasteiger partial charge in [0, 0.05) is 12.8 Å². The molecular formula is C22H24N4O3. The second kappa shape index (κ2) is 8.05. The molecule has 1 atom stereocenters. The minimum absolute atomic E-state index is 0.0468. The number of methoxy groups -OCH3 is 1. The van der Waals surface area contributed by atoms with Crippen LogP contribution in [0, 0.1) is 0 Å². The van der Waals surface area contributed by atoms with Crippen LogP contribution >= 0.6 is 0 Å². The van der Waals surface area contributed by atoms with E-state index in [1.807, 2.05) is 53.1 Å². The first-order valence-corrected chi connectivity index (χ1v) is 9.78. The average molecular weight is 392 g/mol. The summed E-state index contributed by atoms with van der Waals surface area (Å²) < 4.78 is 7.01. The van der Waals surface area contributed by atoms with Crippen LogP contribution in [0.4, 0.5) is 11.6 Å². The summed E-state index contributed by atoms with van der Waals surface area (Å²) in [6.07, 6.45) is 0.990. The highest BCUT2D eigenvalue weighted by Crippen LogP contribution is 2.36. The van der Waals surface area contributed by atoms with Crippen LogP contribution in [0.25, 0.3) is 11.0 Å². The molecule has 2 amide bonds. The fourth-order valence-corrected chi connectivity index (χ4v) is 3.70. The number of carbonyl (C=O) groups is 2. The Labute approximate surface area is 169 Å². The summed E-state index contributed by atoms with van der Waals surface area (Å²) in [6.45, 7) is 2.88. The number of anilines is 2. The maximum absolute atomic E-state index is 13.1. The molecule has 29 heavy (non-hydrogen) atoms. The molecule has 0 saturated carbocycles. The predicted octanol–water partition coefficient (Wildman–Crippen LogP) is 3.16. The SMILES string of the molecule is CCc1ccc(NC(=O)C[C@H]2C(=O)N(CCOC)c3nc4ccccc4n32)cc1. The molecule has 3 aromatic rings. The molecular weight excluding hydrogens is 368 g/mol. The van der Waals surface area contributed by atoms with Crippen molar-refractivity contribution in [3.63, 3.8) is 0 Å². The van der Waals surface area contributed by atoms with Gasteiger partial charge in [0.15, 0.2) is 0 Å². The molecule has 7 nitrogen and oxygen atoms in total. The first-order valence-electron chi connectivity index (χ1n) is 9.78. The average Bonchev–Trinajstić information content (AvgIpc) is 3.22. The first-order chi connectivity index (χ1) is 14.1. The maximum atomic E-state index is 13.1. The van der Waals surface area contributed by atoms with Crippen LogP contribution in [0.3, 0.4) is 0 Å². The number of aromatic nitrogens is 2. The summed E-state index contributed by atoms with van der Waals surface area (Å²) in [6, 6.07) is 14.8. The zero-order valence-electron chi connectivity index (χ0n) is 16.6. The van der Waals surface area contributed by atoms with Crippen molar-refractivity contribution in [2.75, 3.05) is 30.5 Å². The van der Waals surface area contributed by atoms with E-state index in [4.69, 9.17) is 4.74 Å². The zero-order valence-corrected chi connectivity index (χ0v) is 16.6. The molecule has 1 aliphatic rings. The molecule has 0 aliphatic carbocycles. The Bertz CT molecular complexity index is 1040. The lowest BCUT2D eigenvalue weighted by atomic mass is 10.1. The molecule has 0 spiro atoms. The van der Waals surface area contributed by atoms with Crippen molar-refractivity contribution < 1.29 is 14.3 Å². The maximum Gasteiger partial charge on any atom is 0.253 e. The summed E-state index contributed by atoms with van der Waals surface area (Å²) in [4.78, 5) is 32.0. The molecule has 1 aliphatic heterocycles. The van der Waals surface area contributed by atoms with Gasteiger partial charge in [0.1, 0.15) is 6.04 Å². The molecule has 0 saturated heterocycles. The molecule has 0 bridgehead atoms. The van der Waals surface area contributed by atoms with E-state index in [0.717, 1.165) is 23.1 Å². The molecule has 2 aromatic carbocycles. The summed E-state index contributed by atoms with van der Waals surface area (Å²) in [5.74, 6) is 0.232. The molecule has 0 fully saturated rings. The van der Waals surface area contributed by atoms with Gasteiger partial charge in [0.25, 0.3) is 5.91 Å². The third-order valence-electron chi connectivity index (χ3n) is 5.23. The van der Waals surface area contributed by atoms with Gasteiger partial charge in [-0.3, -0.25) is 19.1 Å². The second-order valence-electron chi connectivity index (χ2n) is 7.07. The number of hydrogen-bond donors (Lipinski definition) is 1. The van der Waals surface area contributed by atoms with E-state index in [2.05, 4.69) is 17.2 Å². The second-order valence-corrected chi connectivity index (χ2v) is 7.07. The van der Waals surface area contributed by atoms with E-state index in [1.165, 1.54) is 5.56 Å². The van der Waals surface area contributed by atoms with Crippen molar-refractivity contribution in [1.82, 2.24) is 9.55 Å². The van der Waals surface area contributed by atoms with E-state index < -0.39 is 6.04 Å².